The predicted molar refractivity (Wildman–Crippen MR) is 90.3 cm³/mol. The third-order valence-corrected chi connectivity index (χ3v) is 3.21. The predicted octanol–water partition coefficient (Wildman–Crippen LogP) is -1.98. The van der Waals surface area contributed by atoms with Crippen LogP contribution >= 0.6 is 0 Å². The van der Waals surface area contributed by atoms with E-state index in [2.05, 4.69) is 20.1 Å². The molecule has 0 saturated heterocycles. The molecular weight excluding hydrogens is 342 g/mol. The molecule has 2 aromatic carbocycles. The summed E-state index contributed by atoms with van der Waals surface area (Å²) in [7, 11) is -4.35. The Morgan fingerprint density at radius 3 is 1.62 bits per heavy atom. The van der Waals surface area contributed by atoms with E-state index in [4.69, 9.17) is 0 Å². The van der Waals surface area contributed by atoms with Crippen LogP contribution in [0, 0.1) is 6.92 Å². The summed E-state index contributed by atoms with van der Waals surface area (Å²) >= 11 is 0. The van der Waals surface area contributed by atoms with Gasteiger partial charge in [0.1, 0.15) is 10.1 Å². The van der Waals surface area contributed by atoms with Crippen LogP contribution < -0.4 is 59.1 Å². The van der Waals surface area contributed by atoms with Crippen LogP contribution in [0.4, 0.5) is 0 Å². The number of benzene rings is 2. The van der Waals surface area contributed by atoms with Crippen LogP contribution in [-0.4, -0.2) is 13.0 Å². The van der Waals surface area contributed by atoms with Gasteiger partial charge in [-0.15, -0.1) is 6.58 Å². The first-order valence-electron chi connectivity index (χ1n) is 6.52. The summed E-state index contributed by atoms with van der Waals surface area (Å²) in [6.07, 6.45) is 3.45. The Bertz CT molecular complexity index is 630. The molecule has 0 heterocycles. The van der Waals surface area contributed by atoms with Crippen molar-refractivity contribution in [3.63, 3.8) is 0 Å². The second kappa shape index (κ2) is 17.5. The molecule has 0 radical (unpaired) electrons. The van der Waals surface area contributed by atoms with Gasteiger partial charge in [0.2, 0.25) is 0 Å². The minimum absolute atomic E-state index is 0. The second-order valence-electron chi connectivity index (χ2n) is 4.00. The molecule has 0 aromatic heterocycles. The van der Waals surface area contributed by atoms with Crippen molar-refractivity contribution < 1.29 is 72.1 Å². The van der Waals surface area contributed by atoms with Gasteiger partial charge in [0.15, 0.2) is 0 Å². The Morgan fingerprint density at radius 1 is 0.917 bits per heavy atom. The van der Waals surface area contributed by atoms with Crippen molar-refractivity contribution >= 4 is 10.1 Å². The van der Waals surface area contributed by atoms with Crippen molar-refractivity contribution in [2.75, 3.05) is 0 Å². The fourth-order valence-electron chi connectivity index (χ4n) is 1.46. The number of allylic oxidation sites excluding steroid dienone is 2. The molecule has 0 saturated carbocycles. The van der Waals surface area contributed by atoms with E-state index >= 15 is 0 Å². The van der Waals surface area contributed by atoms with Crippen LogP contribution in [0.3, 0.4) is 0 Å². The summed E-state index contributed by atoms with van der Waals surface area (Å²) in [5.41, 5.74) is 0.493. The summed E-state index contributed by atoms with van der Waals surface area (Å²) in [5.74, 6) is 0. The quantitative estimate of drug-likeness (QED) is 0.275. The molecule has 0 unspecified atom stereocenters. The van der Waals surface area contributed by atoms with Gasteiger partial charge < -0.3 is 4.55 Å². The molecular formula is C18H20Na2O3S. The number of hydrogen-bond donors (Lipinski definition) is 0. The van der Waals surface area contributed by atoms with Gasteiger partial charge in [0.05, 0.1) is 4.90 Å². The van der Waals surface area contributed by atoms with Gasteiger partial charge in [-0.1, -0.05) is 60.7 Å². The molecule has 24 heavy (non-hydrogen) atoms. The van der Waals surface area contributed by atoms with Gasteiger partial charge in [-0.2, -0.15) is 0 Å². The maximum Gasteiger partial charge on any atom is 1.00 e. The third-order valence-electron chi connectivity index (χ3n) is 2.27. The zero-order valence-electron chi connectivity index (χ0n) is 14.4. The summed E-state index contributed by atoms with van der Waals surface area (Å²) in [5, 5.41) is 0. The molecule has 0 atom stereocenters. The molecule has 0 aliphatic carbocycles. The molecule has 0 fully saturated rings. The van der Waals surface area contributed by atoms with Gasteiger partial charge in [-0.3, -0.25) is 0 Å². The molecule has 0 aliphatic heterocycles. The second-order valence-corrected chi connectivity index (χ2v) is 5.35. The average Bonchev–Trinajstić information content (AvgIpc) is 2.50. The molecule has 0 bridgehead atoms. The first kappa shape index (κ1) is 28.5. The Labute approximate surface area is 190 Å². The van der Waals surface area contributed by atoms with Crippen LogP contribution in [0.2, 0.25) is 0 Å². The van der Waals surface area contributed by atoms with E-state index in [1.807, 2.05) is 36.4 Å². The van der Waals surface area contributed by atoms with Crippen LogP contribution in [0.25, 0.3) is 0 Å². The van der Waals surface area contributed by atoms with Crippen molar-refractivity contribution in [3.05, 3.63) is 98.5 Å². The van der Waals surface area contributed by atoms with Gasteiger partial charge >= 0.3 is 59.1 Å². The Balaban J connectivity index is -0.000000338. The van der Waals surface area contributed by atoms with E-state index in [-0.39, 0.29) is 64.0 Å². The minimum Gasteiger partial charge on any atom is -0.744 e. The van der Waals surface area contributed by atoms with Gasteiger partial charge in [0.25, 0.3) is 0 Å². The van der Waals surface area contributed by atoms with Gasteiger partial charge in [-0.25, -0.2) is 28.0 Å². The normalized spacial score (nSPS) is 8.54. The van der Waals surface area contributed by atoms with Crippen LogP contribution in [-0.2, 0) is 16.5 Å². The fourth-order valence-corrected chi connectivity index (χ4v) is 2.17. The molecule has 2 aromatic rings. The standard InChI is InChI=1S/C9H10O3S.C6H6.C3H5.2Na/c1-2-5-8-6-3-4-7-9(8)13(10,11)12;1-2-4-6-5-3-1;1-3-2;;/h2-4,6-7H,1,5H2,(H,10,11,12);1-6H;3H,1-2H2;;/q;;-1;2*+1/p-1. The van der Waals surface area contributed by atoms with Gasteiger partial charge in [0, 0.05) is 0 Å². The molecule has 3 nitrogen and oxygen atoms in total. The SMILES string of the molecule is C=CCc1ccccc1S(=O)(=O)[O-].C=C[CH2-].[Na+].[Na+].c1ccccc1. The van der Waals surface area contributed by atoms with Crippen molar-refractivity contribution in [2.24, 2.45) is 0 Å². The molecule has 0 aliphatic rings. The zero-order chi connectivity index (χ0) is 16.8. The monoisotopic (exact) mass is 362 g/mol. The van der Waals surface area contributed by atoms with Crippen molar-refractivity contribution in [1.29, 1.82) is 0 Å². The van der Waals surface area contributed by atoms with E-state index in [9.17, 15) is 13.0 Å². The van der Waals surface area contributed by atoms with Crippen LogP contribution in [0.1, 0.15) is 5.56 Å². The molecule has 0 amide bonds. The number of hydrogen-bond acceptors (Lipinski definition) is 3. The van der Waals surface area contributed by atoms with E-state index in [0.29, 0.717) is 12.0 Å². The fraction of sp³-hybridized carbons (Fsp3) is 0.0556. The van der Waals surface area contributed by atoms with E-state index in [0.717, 1.165) is 0 Å². The van der Waals surface area contributed by atoms with Crippen molar-refractivity contribution in [3.8, 4) is 0 Å². The first-order chi connectivity index (χ1) is 10.5. The third kappa shape index (κ3) is 14.1. The molecule has 2 rings (SSSR count). The summed E-state index contributed by atoms with van der Waals surface area (Å²) in [6, 6.07) is 18.1. The van der Waals surface area contributed by atoms with Crippen LogP contribution in [0.5, 0.6) is 0 Å². The molecule has 118 valence electrons. The van der Waals surface area contributed by atoms with Crippen LogP contribution in [0.15, 0.2) is 90.9 Å². The smallest absolute Gasteiger partial charge is 0.744 e. The summed E-state index contributed by atoms with van der Waals surface area (Å²) in [4.78, 5) is -0.157. The summed E-state index contributed by atoms with van der Waals surface area (Å²) in [6.45, 7) is 9.98. The van der Waals surface area contributed by atoms with E-state index in [1.165, 1.54) is 18.2 Å². The van der Waals surface area contributed by atoms with E-state index < -0.39 is 10.1 Å². The Hall–Kier alpha value is -0.300. The number of rotatable bonds is 3. The average molecular weight is 362 g/mol. The maximum atomic E-state index is 10.7. The van der Waals surface area contributed by atoms with Gasteiger partial charge in [-0.05, 0) is 18.1 Å². The Morgan fingerprint density at radius 2 is 1.29 bits per heavy atom. The van der Waals surface area contributed by atoms with Crippen molar-refractivity contribution in [2.45, 2.75) is 11.3 Å². The molecule has 0 N–H and O–H groups in total. The van der Waals surface area contributed by atoms with Crippen molar-refractivity contribution in [1.82, 2.24) is 0 Å². The Kier molecular flexibility index (Phi) is 20.8. The topological polar surface area (TPSA) is 57.2 Å². The first-order valence-corrected chi connectivity index (χ1v) is 7.93. The van der Waals surface area contributed by atoms with E-state index in [1.54, 1.807) is 18.2 Å². The molecule has 6 heteroatoms. The largest absolute Gasteiger partial charge is 1.00 e. The minimum atomic E-state index is -4.35. The molecule has 0 spiro atoms. The summed E-state index contributed by atoms with van der Waals surface area (Å²) < 4.78 is 32.2. The maximum absolute atomic E-state index is 10.7. The zero-order valence-corrected chi connectivity index (χ0v) is 19.2.